The molecule has 1 atom stereocenters. The van der Waals surface area contributed by atoms with Gasteiger partial charge in [0.05, 0.1) is 24.0 Å². The van der Waals surface area contributed by atoms with E-state index in [0.717, 1.165) is 26.8 Å². The number of aromatic amines is 1. The Hall–Kier alpha value is -0.720. The molecular formula is C16H20Br2N3O+. The van der Waals surface area contributed by atoms with Crippen LogP contribution in [0.4, 0.5) is 0 Å². The van der Waals surface area contributed by atoms with Crippen LogP contribution in [0.25, 0.3) is 10.9 Å². The molecule has 0 amide bonds. The highest BCUT2D eigenvalue weighted by Crippen LogP contribution is 2.25. The fourth-order valence-electron chi connectivity index (χ4n) is 3.30. The molecule has 0 saturated heterocycles. The van der Waals surface area contributed by atoms with Crippen LogP contribution in [-0.2, 0) is 6.54 Å². The molecule has 1 aliphatic carbocycles. The summed E-state index contributed by atoms with van der Waals surface area (Å²) in [5.41, 5.74) is 0.664. The van der Waals surface area contributed by atoms with Crippen molar-refractivity contribution in [2.75, 3.05) is 7.05 Å². The highest BCUT2D eigenvalue weighted by molar-refractivity contribution is 9.11. The Morgan fingerprint density at radius 3 is 2.73 bits per heavy atom. The molecule has 1 heterocycles. The van der Waals surface area contributed by atoms with E-state index < -0.39 is 0 Å². The fourth-order valence-corrected chi connectivity index (χ4v) is 4.62. The number of nitrogens with one attached hydrogen (secondary N) is 2. The normalized spacial score (nSPS) is 17.8. The highest BCUT2D eigenvalue weighted by atomic mass is 79.9. The Morgan fingerprint density at radius 2 is 2.00 bits per heavy atom. The summed E-state index contributed by atoms with van der Waals surface area (Å²) in [7, 11) is 2.21. The molecular weight excluding hydrogens is 410 g/mol. The Bertz CT molecular complexity index is 738. The molecule has 22 heavy (non-hydrogen) atoms. The predicted molar refractivity (Wildman–Crippen MR) is 95.2 cm³/mol. The second kappa shape index (κ2) is 6.81. The van der Waals surface area contributed by atoms with Crippen molar-refractivity contribution in [2.24, 2.45) is 0 Å². The van der Waals surface area contributed by atoms with Crippen LogP contribution in [0, 0.1) is 0 Å². The smallest absolute Gasteiger partial charge is 0.259 e. The van der Waals surface area contributed by atoms with Crippen molar-refractivity contribution in [3.63, 3.8) is 0 Å². The maximum Gasteiger partial charge on any atom is 0.259 e. The first-order valence-electron chi connectivity index (χ1n) is 7.75. The summed E-state index contributed by atoms with van der Waals surface area (Å²) in [5, 5.41) is 0.611. The van der Waals surface area contributed by atoms with Gasteiger partial charge in [0.25, 0.3) is 5.56 Å². The van der Waals surface area contributed by atoms with Crippen molar-refractivity contribution >= 4 is 42.8 Å². The van der Waals surface area contributed by atoms with Gasteiger partial charge in [-0.3, -0.25) is 4.79 Å². The van der Waals surface area contributed by atoms with E-state index in [2.05, 4.69) is 48.9 Å². The summed E-state index contributed by atoms with van der Waals surface area (Å²) in [6.07, 6.45) is 6.56. The summed E-state index contributed by atoms with van der Waals surface area (Å²) in [4.78, 5) is 21.4. The third kappa shape index (κ3) is 3.44. The van der Waals surface area contributed by atoms with Crippen LogP contribution in [0.1, 0.15) is 37.9 Å². The molecule has 3 rings (SSSR count). The van der Waals surface area contributed by atoms with Crippen molar-refractivity contribution in [1.29, 1.82) is 0 Å². The van der Waals surface area contributed by atoms with Gasteiger partial charge < -0.3 is 9.88 Å². The van der Waals surface area contributed by atoms with Crippen LogP contribution in [0.5, 0.6) is 0 Å². The van der Waals surface area contributed by atoms with Crippen molar-refractivity contribution < 1.29 is 4.90 Å². The van der Waals surface area contributed by atoms with Gasteiger partial charge in [0, 0.05) is 8.95 Å². The van der Waals surface area contributed by atoms with E-state index in [1.165, 1.54) is 37.0 Å². The molecule has 1 aromatic heterocycles. The van der Waals surface area contributed by atoms with Gasteiger partial charge in [0.2, 0.25) is 0 Å². The SMILES string of the molecule is C[NH+](Cc1nc2c(Br)cc(Br)cc2c(=O)[nH]1)C1CCCCC1. The van der Waals surface area contributed by atoms with Crippen LogP contribution in [-0.4, -0.2) is 23.1 Å². The first kappa shape index (κ1) is 16.1. The molecule has 0 spiro atoms. The average molecular weight is 430 g/mol. The minimum Gasteiger partial charge on any atom is -0.329 e. The van der Waals surface area contributed by atoms with Gasteiger partial charge in [-0.25, -0.2) is 4.98 Å². The summed E-state index contributed by atoms with van der Waals surface area (Å²) in [6, 6.07) is 4.42. The zero-order valence-electron chi connectivity index (χ0n) is 12.6. The number of nitrogens with zero attached hydrogens (tertiary/aromatic N) is 1. The zero-order chi connectivity index (χ0) is 15.7. The lowest BCUT2D eigenvalue weighted by molar-refractivity contribution is -0.921. The number of quaternary nitrogens is 1. The van der Waals surface area contributed by atoms with Crippen LogP contribution >= 0.6 is 31.9 Å². The lowest BCUT2D eigenvalue weighted by Crippen LogP contribution is -3.11. The lowest BCUT2D eigenvalue weighted by Gasteiger charge is -2.27. The van der Waals surface area contributed by atoms with Crippen LogP contribution < -0.4 is 10.5 Å². The summed E-state index contributed by atoms with van der Waals surface area (Å²) in [6.45, 7) is 0.762. The molecule has 0 bridgehead atoms. The molecule has 4 nitrogen and oxygen atoms in total. The standard InChI is InChI=1S/C16H19Br2N3O/c1-21(11-5-3-2-4-6-11)9-14-19-15-12(16(22)20-14)7-10(17)8-13(15)18/h7-8,11H,2-6,9H2,1H3,(H,19,20,22)/p+1. The predicted octanol–water partition coefficient (Wildman–Crippen LogP) is 2.80. The fraction of sp³-hybridized carbons (Fsp3) is 0.500. The first-order chi connectivity index (χ1) is 10.5. The van der Waals surface area contributed by atoms with Gasteiger partial charge in [-0.05, 0) is 53.7 Å². The van der Waals surface area contributed by atoms with E-state index in [-0.39, 0.29) is 5.56 Å². The third-order valence-corrected chi connectivity index (χ3v) is 5.59. The number of rotatable bonds is 3. The Morgan fingerprint density at radius 1 is 1.27 bits per heavy atom. The third-order valence-electron chi connectivity index (χ3n) is 4.53. The van der Waals surface area contributed by atoms with E-state index in [4.69, 9.17) is 0 Å². The van der Waals surface area contributed by atoms with E-state index in [1.54, 1.807) is 0 Å². The molecule has 1 saturated carbocycles. The zero-order valence-corrected chi connectivity index (χ0v) is 15.8. The van der Waals surface area contributed by atoms with Crippen LogP contribution in [0.15, 0.2) is 25.9 Å². The van der Waals surface area contributed by atoms with E-state index >= 15 is 0 Å². The second-order valence-electron chi connectivity index (χ2n) is 6.15. The number of H-pyrrole nitrogens is 1. The van der Waals surface area contributed by atoms with Crippen molar-refractivity contribution in [3.8, 4) is 0 Å². The molecule has 6 heteroatoms. The number of benzene rings is 1. The molecule has 0 aliphatic heterocycles. The molecule has 1 aromatic carbocycles. The number of halogens is 2. The van der Waals surface area contributed by atoms with Gasteiger partial charge in [0.1, 0.15) is 6.54 Å². The first-order valence-corrected chi connectivity index (χ1v) is 9.33. The molecule has 0 radical (unpaired) electrons. The quantitative estimate of drug-likeness (QED) is 0.788. The molecule has 118 valence electrons. The summed E-state index contributed by atoms with van der Waals surface area (Å²) >= 11 is 6.92. The van der Waals surface area contributed by atoms with E-state index in [1.807, 2.05) is 12.1 Å². The molecule has 1 fully saturated rings. The molecule has 2 N–H and O–H groups in total. The minimum absolute atomic E-state index is 0.0709. The molecule has 1 aliphatic rings. The summed E-state index contributed by atoms with van der Waals surface area (Å²) in [5.74, 6) is 0.767. The van der Waals surface area contributed by atoms with Crippen molar-refractivity contribution in [2.45, 2.75) is 44.7 Å². The van der Waals surface area contributed by atoms with Gasteiger partial charge in [-0.2, -0.15) is 0 Å². The maximum absolute atomic E-state index is 12.3. The Balaban J connectivity index is 1.89. The summed E-state index contributed by atoms with van der Waals surface area (Å²) < 4.78 is 1.72. The minimum atomic E-state index is -0.0709. The number of fused-ring (bicyclic) bond motifs is 1. The molecule has 2 aromatic rings. The van der Waals surface area contributed by atoms with Crippen molar-refractivity contribution in [3.05, 3.63) is 37.3 Å². The van der Waals surface area contributed by atoms with E-state index in [9.17, 15) is 4.79 Å². The molecule has 1 unspecified atom stereocenters. The van der Waals surface area contributed by atoms with Gasteiger partial charge >= 0.3 is 0 Å². The van der Waals surface area contributed by atoms with Crippen LogP contribution in [0.3, 0.4) is 0 Å². The number of hydrogen-bond donors (Lipinski definition) is 2. The Kier molecular flexibility index (Phi) is 5.00. The Labute approximate surface area is 146 Å². The lowest BCUT2D eigenvalue weighted by atomic mass is 9.94. The monoisotopic (exact) mass is 428 g/mol. The number of aromatic nitrogens is 2. The highest BCUT2D eigenvalue weighted by Gasteiger charge is 2.22. The van der Waals surface area contributed by atoms with E-state index in [0.29, 0.717) is 11.4 Å². The van der Waals surface area contributed by atoms with Crippen LogP contribution in [0.2, 0.25) is 0 Å². The maximum atomic E-state index is 12.3. The average Bonchev–Trinajstić information content (AvgIpc) is 2.49. The van der Waals surface area contributed by atoms with Gasteiger partial charge in [-0.15, -0.1) is 0 Å². The second-order valence-corrected chi connectivity index (χ2v) is 7.92. The topological polar surface area (TPSA) is 50.2 Å². The van der Waals surface area contributed by atoms with Gasteiger partial charge in [-0.1, -0.05) is 22.4 Å². The van der Waals surface area contributed by atoms with Gasteiger partial charge in [0.15, 0.2) is 5.82 Å². The number of hydrogen-bond acceptors (Lipinski definition) is 2. The largest absolute Gasteiger partial charge is 0.329 e. The van der Waals surface area contributed by atoms with Crippen molar-refractivity contribution in [1.82, 2.24) is 9.97 Å².